The molecule has 0 fully saturated rings. The molecule has 100 valence electrons. The van der Waals surface area contributed by atoms with Gasteiger partial charge in [0.2, 0.25) is 0 Å². The van der Waals surface area contributed by atoms with Crippen molar-refractivity contribution < 1.29 is 0 Å². The van der Waals surface area contributed by atoms with Crippen LogP contribution >= 0.6 is 0 Å². The Morgan fingerprint density at radius 1 is 0.895 bits per heavy atom. The van der Waals surface area contributed by atoms with E-state index in [1.807, 2.05) is 12.3 Å². The van der Waals surface area contributed by atoms with E-state index < -0.39 is 0 Å². The molecule has 0 N–H and O–H groups in total. The second-order valence-corrected chi connectivity index (χ2v) is 5.19. The van der Waals surface area contributed by atoms with Crippen LogP contribution in [-0.4, -0.2) is 4.98 Å². The number of nitrogens with zero attached hydrogens (tertiary/aromatic N) is 1. The molecular weight excluding hydrogens is 230 g/mol. The van der Waals surface area contributed by atoms with Gasteiger partial charge >= 0.3 is 0 Å². The lowest BCUT2D eigenvalue weighted by molar-refractivity contribution is 0.499. The average Bonchev–Trinajstić information content (AvgIpc) is 2.47. The largest absolute Gasteiger partial charge is 0.261 e. The van der Waals surface area contributed by atoms with Crippen LogP contribution in [0.25, 0.3) is 0 Å². The highest BCUT2D eigenvalue weighted by atomic mass is 14.7. The smallest absolute Gasteiger partial charge is 0.0440 e. The van der Waals surface area contributed by atoms with Crippen molar-refractivity contribution in [3.63, 3.8) is 0 Å². The van der Waals surface area contributed by atoms with Crippen molar-refractivity contribution in [1.82, 2.24) is 4.98 Å². The van der Waals surface area contributed by atoms with Crippen LogP contribution in [0.3, 0.4) is 0 Å². The third-order valence-corrected chi connectivity index (χ3v) is 3.94. The number of benzene rings is 1. The van der Waals surface area contributed by atoms with Gasteiger partial charge < -0.3 is 0 Å². The Morgan fingerprint density at radius 2 is 1.58 bits per heavy atom. The minimum atomic E-state index is 0.508. The fourth-order valence-electron chi connectivity index (χ4n) is 2.86. The molecule has 0 amide bonds. The molecule has 1 nitrogen and oxygen atoms in total. The van der Waals surface area contributed by atoms with Crippen LogP contribution in [0.15, 0.2) is 48.7 Å². The van der Waals surface area contributed by atoms with Crippen LogP contribution in [0.2, 0.25) is 0 Å². The van der Waals surface area contributed by atoms with E-state index in [0.717, 1.165) is 12.8 Å². The van der Waals surface area contributed by atoms with Gasteiger partial charge in [0.1, 0.15) is 0 Å². The van der Waals surface area contributed by atoms with E-state index in [9.17, 15) is 0 Å². The molecule has 0 radical (unpaired) electrons. The molecule has 1 aromatic heterocycles. The maximum absolute atomic E-state index is 4.56. The Kier molecular flexibility index (Phi) is 4.73. The third kappa shape index (κ3) is 3.23. The van der Waals surface area contributed by atoms with Gasteiger partial charge in [-0.05, 0) is 43.4 Å². The molecule has 0 aliphatic rings. The second-order valence-electron chi connectivity index (χ2n) is 5.19. The number of hydrogen-bond donors (Lipinski definition) is 0. The predicted octanol–water partition coefficient (Wildman–Crippen LogP) is 5.08. The first kappa shape index (κ1) is 13.8. The molecule has 2 atom stereocenters. The molecule has 19 heavy (non-hydrogen) atoms. The molecule has 0 spiro atoms. The van der Waals surface area contributed by atoms with Gasteiger partial charge in [0.05, 0.1) is 0 Å². The van der Waals surface area contributed by atoms with Crippen molar-refractivity contribution >= 4 is 0 Å². The minimum Gasteiger partial charge on any atom is -0.261 e. The van der Waals surface area contributed by atoms with Gasteiger partial charge in [-0.1, -0.05) is 49.7 Å². The molecule has 0 aliphatic carbocycles. The summed E-state index contributed by atoms with van der Waals surface area (Å²) in [6, 6.07) is 15.2. The molecular formula is C18H23N. The van der Waals surface area contributed by atoms with E-state index >= 15 is 0 Å². The normalized spacial score (nSPS) is 14.1. The zero-order valence-electron chi connectivity index (χ0n) is 12.1. The monoisotopic (exact) mass is 253 g/mol. The summed E-state index contributed by atoms with van der Waals surface area (Å²) in [7, 11) is 0. The van der Waals surface area contributed by atoms with E-state index in [-0.39, 0.29) is 0 Å². The second kappa shape index (κ2) is 6.51. The Balaban J connectivity index is 2.31. The van der Waals surface area contributed by atoms with Gasteiger partial charge in [0.15, 0.2) is 0 Å². The highest BCUT2D eigenvalue weighted by Crippen LogP contribution is 2.36. The van der Waals surface area contributed by atoms with Crippen molar-refractivity contribution in [2.24, 2.45) is 0 Å². The lowest BCUT2D eigenvalue weighted by Gasteiger charge is -2.25. The maximum Gasteiger partial charge on any atom is 0.0440 e. The van der Waals surface area contributed by atoms with Crippen LogP contribution in [0.5, 0.6) is 0 Å². The summed E-state index contributed by atoms with van der Waals surface area (Å²) in [6.07, 6.45) is 4.18. The van der Waals surface area contributed by atoms with Crippen LogP contribution in [0, 0.1) is 6.92 Å². The Morgan fingerprint density at radius 3 is 2.11 bits per heavy atom. The fourth-order valence-corrected chi connectivity index (χ4v) is 2.86. The summed E-state index contributed by atoms with van der Waals surface area (Å²) in [4.78, 5) is 4.56. The molecule has 0 saturated carbocycles. The maximum atomic E-state index is 4.56. The van der Waals surface area contributed by atoms with Gasteiger partial charge in [0.25, 0.3) is 0 Å². The first-order valence-electron chi connectivity index (χ1n) is 7.23. The fraction of sp³-hybridized carbons (Fsp3) is 0.389. The number of aromatic nitrogens is 1. The average molecular weight is 253 g/mol. The van der Waals surface area contributed by atoms with E-state index in [1.54, 1.807) is 0 Å². The molecule has 0 saturated heterocycles. The van der Waals surface area contributed by atoms with E-state index in [2.05, 4.69) is 62.2 Å². The summed E-state index contributed by atoms with van der Waals surface area (Å²) >= 11 is 0. The lowest BCUT2D eigenvalue weighted by atomic mass is 9.80. The van der Waals surface area contributed by atoms with Crippen molar-refractivity contribution in [2.45, 2.75) is 45.4 Å². The van der Waals surface area contributed by atoms with Gasteiger partial charge in [0, 0.05) is 17.8 Å². The van der Waals surface area contributed by atoms with Crippen LogP contribution in [0.4, 0.5) is 0 Å². The summed E-state index contributed by atoms with van der Waals surface area (Å²) < 4.78 is 0. The summed E-state index contributed by atoms with van der Waals surface area (Å²) in [6.45, 7) is 6.67. The Bertz CT molecular complexity index is 487. The quantitative estimate of drug-likeness (QED) is 0.724. The standard InChI is InChI=1S/C18H23N/c1-4-16(15-11-9-14(3)10-12-15)17(5-2)18-8-6-7-13-19-18/h6-13,16-17H,4-5H2,1-3H3/t16-,17-/m0/s1. The summed E-state index contributed by atoms with van der Waals surface area (Å²) in [5, 5.41) is 0. The van der Waals surface area contributed by atoms with Crippen molar-refractivity contribution in [3.8, 4) is 0 Å². The number of rotatable bonds is 5. The van der Waals surface area contributed by atoms with Crippen LogP contribution in [0.1, 0.15) is 55.3 Å². The molecule has 1 heterocycles. The van der Waals surface area contributed by atoms with Gasteiger partial charge in [-0.25, -0.2) is 0 Å². The van der Waals surface area contributed by atoms with Crippen LogP contribution in [-0.2, 0) is 0 Å². The molecule has 1 aromatic carbocycles. The molecule has 0 bridgehead atoms. The zero-order valence-corrected chi connectivity index (χ0v) is 12.1. The predicted molar refractivity (Wildman–Crippen MR) is 81.5 cm³/mol. The van der Waals surface area contributed by atoms with Gasteiger partial charge in [-0.15, -0.1) is 0 Å². The number of pyridine rings is 1. The van der Waals surface area contributed by atoms with Gasteiger partial charge in [-0.3, -0.25) is 4.98 Å². The van der Waals surface area contributed by atoms with E-state index in [1.165, 1.54) is 16.8 Å². The molecule has 1 heteroatoms. The molecule has 0 unspecified atom stereocenters. The van der Waals surface area contributed by atoms with Crippen molar-refractivity contribution in [3.05, 3.63) is 65.5 Å². The van der Waals surface area contributed by atoms with Gasteiger partial charge in [-0.2, -0.15) is 0 Å². The lowest BCUT2D eigenvalue weighted by Crippen LogP contribution is -2.11. The first-order chi connectivity index (χ1) is 9.26. The topological polar surface area (TPSA) is 12.9 Å². The SMILES string of the molecule is CC[C@H](c1ccccn1)[C@@H](CC)c1ccc(C)cc1. The first-order valence-corrected chi connectivity index (χ1v) is 7.23. The molecule has 0 aliphatic heterocycles. The summed E-state index contributed by atoms with van der Waals surface area (Å²) in [5.74, 6) is 1.06. The Labute approximate surface area is 116 Å². The molecule has 2 rings (SSSR count). The number of hydrogen-bond acceptors (Lipinski definition) is 1. The van der Waals surface area contributed by atoms with E-state index in [0.29, 0.717) is 11.8 Å². The Hall–Kier alpha value is -1.63. The number of aryl methyl sites for hydroxylation is 1. The highest BCUT2D eigenvalue weighted by Gasteiger charge is 2.22. The van der Waals surface area contributed by atoms with Crippen LogP contribution < -0.4 is 0 Å². The summed E-state index contributed by atoms with van der Waals surface area (Å²) in [5.41, 5.74) is 3.98. The molecule has 2 aromatic rings. The highest BCUT2D eigenvalue weighted by molar-refractivity contribution is 5.28. The van der Waals surface area contributed by atoms with Crippen molar-refractivity contribution in [2.75, 3.05) is 0 Å². The third-order valence-electron chi connectivity index (χ3n) is 3.94. The van der Waals surface area contributed by atoms with E-state index in [4.69, 9.17) is 0 Å². The van der Waals surface area contributed by atoms with Crippen molar-refractivity contribution in [1.29, 1.82) is 0 Å². The minimum absolute atomic E-state index is 0.508. The zero-order chi connectivity index (χ0) is 13.7.